The normalized spacial score (nSPS) is 12.6. The Morgan fingerprint density at radius 1 is 1.36 bits per heavy atom. The SMILES string of the molecule is CCc1nc(C(C)(C)NS(=O)(=O)c2ccc(F)cc2C)no1. The van der Waals surface area contributed by atoms with Gasteiger partial charge in [0.1, 0.15) is 5.82 Å². The van der Waals surface area contributed by atoms with E-state index in [1.165, 1.54) is 19.1 Å². The fourth-order valence-electron chi connectivity index (χ4n) is 2.00. The van der Waals surface area contributed by atoms with Gasteiger partial charge >= 0.3 is 0 Å². The van der Waals surface area contributed by atoms with Crippen LogP contribution in [-0.4, -0.2) is 18.6 Å². The number of benzene rings is 1. The fourth-order valence-corrected chi connectivity index (χ4v) is 3.61. The van der Waals surface area contributed by atoms with Crippen LogP contribution in [-0.2, 0) is 22.0 Å². The molecule has 0 aliphatic carbocycles. The van der Waals surface area contributed by atoms with Crippen LogP contribution in [0.2, 0.25) is 0 Å². The van der Waals surface area contributed by atoms with E-state index in [4.69, 9.17) is 4.52 Å². The number of sulfonamides is 1. The number of aromatic nitrogens is 2. The molecule has 6 nitrogen and oxygen atoms in total. The molecule has 0 spiro atoms. The summed E-state index contributed by atoms with van der Waals surface area (Å²) < 4.78 is 45.7. The third kappa shape index (κ3) is 3.33. The molecule has 0 radical (unpaired) electrons. The van der Waals surface area contributed by atoms with Crippen LogP contribution >= 0.6 is 0 Å². The minimum atomic E-state index is -3.85. The highest BCUT2D eigenvalue weighted by atomic mass is 32.2. The van der Waals surface area contributed by atoms with E-state index in [1.807, 2.05) is 6.92 Å². The van der Waals surface area contributed by atoms with Crippen LogP contribution < -0.4 is 4.72 Å². The highest BCUT2D eigenvalue weighted by Gasteiger charge is 2.33. The Hall–Kier alpha value is -1.80. The Kier molecular flexibility index (Phi) is 4.35. The van der Waals surface area contributed by atoms with Crippen LogP contribution in [0, 0.1) is 12.7 Å². The van der Waals surface area contributed by atoms with Crippen molar-refractivity contribution in [3.8, 4) is 0 Å². The lowest BCUT2D eigenvalue weighted by Gasteiger charge is -2.22. The summed E-state index contributed by atoms with van der Waals surface area (Å²) in [4.78, 5) is 4.17. The first kappa shape index (κ1) is 16.6. The minimum absolute atomic E-state index is 0.0150. The van der Waals surface area contributed by atoms with Gasteiger partial charge in [-0.15, -0.1) is 0 Å². The van der Waals surface area contributed by atoms with Crippen molar-refractivity contribution in [2.24, 2.45) is 0 Å². The summed E-state index contributed by atoms with van der Waals surface area (Å²) in [6.45, 7) is 6.66. The topological polar surface area (TPSA) is 85.1 Å². The summed E-state index contributed by atoms with van der Waals surface area (Å²) >= 11 is 0. The molecule has 120 valence electrons. The van der Waals surface area contributed by atoms with E-state index in [2.05, 4.69) is 14.9 Å². The van der Waals surface area contributed by atoms with Gasteiger partial charge in [0, 0.05) is 6.42 Å². The van der Waals surface area contributed by atoms with E-state index >= 15 is 0 Å². The predicted octanol–water partition coefficient (Wildman–Crippen LogP) is 2.29. The molecule has 1 heterocycles. The first-order valence-corrected chi connectivity index (χ1v) is 8.27. The first-order valence-electron chi connectivity index (χ1n) is 6.79. The van der Waals surface area contributed by atoms with Crippen LogP contribution in [0.5, 0.6) is 0 Å². The summed E-state index contributed by atoms with van der Waals surface area (Å²) in [6.07, 6.45) is 0.562. The number of aryl methyl sites for hydroxylation is 2. The van der Waals surface area contributed by atoms with Crippen LogP contribution in [0.25, 0.3) is 0 Å². The largest absolute Gasteiger partial charge is 0.339 e. The summed E-state index contributed by atoms with van der Waals surface area (Å²) in [5.41, 5.74) is -0.734. The number of hydrogen-bond donors (Lipinski definition) is 1. The molecule has 2 aromatic rings. The van der Waals surface area contributed by atoms with Crippen LogP contribution in [0.1, 0.15) is 38.0 Å². The monoisotopic (exact) mass is 327 g/mol. The molecule has 0 unspecified atom stereocenters. The average molecular weight is 327 g/mol. The maximum atomic E-state index is 13.1. The van der Waals surface area contributed by atoms with Gasteiger partial charge in [-0.25, -0.2) is 12.8 Å². The molecule has 0 saturated carbocycles. The molecular formula is C14H18FN3O3S. The van der Waals surface area contributed by atoms with Crippen molar-refractivity contribution < 1.29 is 17.3 Å². The summed E-state index contributed by atoms with van der Waals surface area (Å²) in [5.74, 6) is 0.189. The maximum Gasteiger partial charge on any atom is 0.241 e. The minimum Gasteiger partial charge on any atom is -0.339 e. The van der Waals surface area contributed by atoms with Gasteiger partial charge in [0.25, 0.3) is 0 Å². The standard InChI is InChI=1S/C14H18FN3O3S/c1-5-12-16-13(17-21-12)14(3,4)18-22(19,20)11-7-6-10(15)8-9(11)2/h6-8,18H,5H2,1-4H3. The van der Waals surface area contributed by atoms with Gasteiger partial charge in [-0.2, -0.15) is 9.71 Å². The Bertz CT molecular complexity index is 784. The van der Waals surface area contributed by atoms with E-state index in [0.29, 0.717) is 17.9 Å². The molecule has 1 aromatic heterocycles. The van der Waals surface area contributed by atoms with Gasteiger partial charge in [-0.3, -0.25) is 0 Å². The molecule has 8 heteroatoms. The molecule has 1 aromatic carbocycles. The van der Waals surface area contributed by atoms with Crippen molar-refractivity contribution in [3.63, 3.8) is 0 Å². The molecular weight excluding hydrogens is 309 g/mol. The van der Waals surface area contributed by atoms with Gasteiger partial charge in [0.15, 0.2) is 5.82 Å². The van der Waals surface area contributed by atoms with E-state index in [0.717, 1.165) is 6.07 Å². The van der Waals surface area contributed by atoms with Crippen LogP contribution in [0.4, 0.5) is 4.39 Å². The lowest BCUT2D eigenvalue weighted by atomic mass is 10.1. The average Bonchev–Trinajstić information content (AvgIpc) is 2.86. The van der Waals surface area contributed by atoms with E-state index in [-0.39, 0.29) is 10.7 Å². The molecule has 0 fully saturated rings. The third-order valence-electron chi connectivity index (χ3n) is 3.15. The molecule has 1 N–H and O–H groups in total. The Morgan fingerprint density at radius 3 is 2.59 bits per heavy atom. The maximum absolute atomic E-state index is 13.1. The summed E-state index contributed by atoms with van der Waals surface area (Å²) in [7, 11) is -3.85. The smallest absolute Gasteiger partial charge is 0.241 e. The second-order valence-corrected chi connectivity index (χ2v) is 7.16. The lowest BCUT2D eigenvalue weighted by Crippen LogP contribution is -2.42. The van der Waals surface area contributed by atoms with E-state index in [9.17, 15) is 12.8 Å². The van der Waals surface area contributed by atoms with Crippen molar-refractivity contribution in [2.75, 3.05) is 0 Å². The van der Waals surface area contributed by atoms with Crippen molar-refractivity contribution in [3.05, 3.63) is 41.3 Å². The number of halogens is 1. The predicted molar refractivity (Wildman–Crippen MR) is 78.2 cm³/mol. The van der Waals surface area contributed by atoms with Gasteiger partial charge < -0.3 is 4.52 Å². The number of nitrogens with one attached hydrogen (secondary N) is 1. The molecule has 0 atom stereocenters. The van der Waals surface area contributed by atoms with Crippen molar-refractivity contribution >= 4 is 10.0 Å². The van der Waals surface area contributed by atoms with Gasteiger partial charge in [-0.05, 0) is 44.5 Å². The highest BCUT2D eigenvalue weighted by Crippen LogP contribution is 2.23. The quantitative estimate of drug-likeness (QED) is 0.911. The molecule has 0 bridgehead atoms. The summed E-state index contributed by atoms with van der Waals surface area (Å²) in [6, 6.07) is 3.51. The highest BCUT2D eigenvalue weighted by molar-refractivity contribution is 7.89. The summed E-state index contributed by atoms with van der Waals surface area (Å²) in [5, 5.41) is 3.80. The molecule has 0 aliphatic heterocycles. The van der Waals surface area contributed by atoms with Gasteiger partial charge in [0.2, 0.25) is 15.9 Å². The lowest BCUT2D eigenvalue weighted by molar-refractivity contribution is 0.356. The van der Waals surface area contributed by atoms with Crippen molar-refractivity contribution in [1.82, 2.24) is 14.9 Å². The molecule has 22 heavy (non-hydrogen) atoms. The molecule has 0 aliphatic rings. The molecule has 0 amide bonds. The van der Waals surface area contributed by atoms with Crippen molar-refractivity contribution in [2.45, 2.75) is 44.6 Å². The Balaban J connectivity index is 2.34. The third-order valence-corrected chi connectivity index (χ3v) is 4.96. The first-order chi connectivity index (χ1) is 10.2. The van der Waals surface area contributed by atoms with Crippen LogP contribution in [0.15, 0.2) is 27.6 Å². The zero-order valence-electron chi connectivity index (χ0n) is 12.8. The zero-order chi connectivity index (χ0) is 16.5. The van der Waals surface area contributed by atoms with Gasteiger partial charge in [-0.1, -0.05) is 12.1 Å². The second kappa shape index (κ2) is 5.77. The molecule has 0 saturated heterocycles. The van der Waals surface area contributed by atoms with Gasteiger partial charge in [0.05, 0.1) is 10.4 Å². The zero-order valence-corrected chi connectivity index (χ0v) is 13.7. The number of hydrogen-bond acceptors (Lipinski definition) is 5. The van der Waals surface area contributed by atoms with E-state index < -0.39 is 21.4 Å². The van der Waals surface area contributed by atoms with Crippen molar-refractivity contribution in [1.29, 1.82) is 0 Å². The Morgan fingerprint density at radius 2 is 2.05 bits per heavy atom. The molecule has 2 rings (SSSR count). The fraction of sp³-hybridized carbons (Fsp3) is 0.429. The second-order valence-electron chi connectivity index (χ2n) is 5.51. The van der Waals surface area contributed by atoms with Crippen LogP contribution in [0.3, 0.4) is 0 Å². The number of rotatable bonds is 5. The van der Waals surface area contributed by atoms with E-state index in [1.54, 1.807) is 13.8 Å². The Labute approximate surface area is 128 Å². The number of nitrogens with zero attached hydrogens (tertiary/aromatic N) is 2.